The second kappa shape index (κ2) is 10.0. The largest absolute Gasteiger partial charge is 0.391 e. The number of aliphatic hydroxyl groups excluding tert-OH is 1. The van der Waals surface area contributed by atoms with Gasteiger partial charge in [-0.25, -0.2) is 14.2 Å². The van der Waals surface area contributed by atoms with E-state index in [0.29, 0.717) is 32.0 Å². The molecular weight excluding hydrogens is 476 g/mol. The zero-order valence-corrected chi connectivity index (χ0v) is 22.0. The van der Waals surface area contributed by atoms with Gasteiger partial charge in [0.2, 0.25) is 11.8 Å². The number of fused-ring (bicyclic) bond motifs is 1. The van der Waals surface area contributed by atoms with E-state index in [2.05, 4.69) is 20.7 Å². The predicted molar refractivity (Wildman–Crippen MR) is 134 cm³/mol. The third kappa shape index (κ3) is 5.34. The average Bonchev–Trinajstić information content (AvgIpc) is 3.32. The normalized spacial score (nSPS) is 22.6. The van der Waals surface area contributed by atoms with Gasteiger partial charge in [0.05, 0.1) is 11.8 Å². The number of carbonyl (C=O) groups excluding carboxylic acids is 2. The minimum absolute atomic E-state index is 0.0945. The lowest BCUT2D eigenvalue weighted by Crippen LogP contribution is -2.50. The molecule has 4 heterocycles. The van der Waals surface area contributed by atoms with Crippen LogP contribution >= 0.6 is 0 Å². The van der Waals surface area contributed by atoms with Crippen LogP contribution in [0, 0.1) is 5.41 Å². The molecule has 2 aliphatic heterocycles. The first kappa shape index (κ1) is 25.6. The number of hydrogen-bond acceptors (Lipinski definition) is 7. The Morgan fingerprint density at radius 3 is 2.73 bits per heavy atom. The lowest BCUT2D eigenvalue weighted by molar-refractivity contribution is -0.144. The van der Waals surface area contributed by atoms with Crippen molar-refractivity contribution >= 4 is 11.8 Å². The molecule has 12 nitrogen and oxygen atoms in total. The SMILES string of the molecule is CC(C)(C)[C@@H](C(=O)N1C[C@H](O)C[C@H]1C(=O)NCCCn1nc2n(c1=O)CCCC2)n1cc(C2CC2)nn1. The Balaban J connectivity index is 1.22. The third-order valence-electron chi connectivity index (χ3n) is 7.58. The number of β-amino-alcohol motifs (C(OH)–C–C–N with tert-alkyl or cyclic N) is 1. The summed E-state index contributed by atoms with van der Waals surface area (Å²) in [4.78, 5) is 40.9. The average molecular weight is 515 g/mol. The summed E-state index contributed by atoms with van der Waals surface area (Å²) in [6.07, 6.45) is 6.84. The van der Waals surface area contributed by atoms with Gasteiger partial charge in [0, 0.05) is 51.1 Å². The van der Waals surface area contributed by atoms with Crippen LogP contribution in [-0.4, -0.2) is 76.4 Å². The monoisotopic (exact) mass is 514 g/mol. The Bertz CT molecular complexity index is 1200. The highest BCUT2D eigenvalue weighted by Crippen LogP contribution is 2.40. The van der Waals surface area contributed by atoms with Crippen LogP contribution in [0.3, 0.4) is 0 Å². The zero-order valence-electron chi connectivity index (χ0n) is 22.0. The van der Waals surface area contributed by atoms with Gasteiger partial charge in [-0.15, -0.1) is 5.10 Å². The fraction of sp³-hybridized carbons (Fsp3) is 0.760. The van der Waals surface area contributed by atoms with Crippen molar-refractivity contribution in [1.82, 2.24) is 39.6 Å². The standard InChI is InChI=1S/C25H38N8O4/c1-25(2,3)21(33-15-18(27-29-33)16-8-9-16)23(36)31-14-17(34)13-19(31)22(35)26-10-6-12-32-24(37)30-11-5-4-7-20(30)28-32/h15-17,19,21,34H,4-14H2,1-3H3,(H,26,35)/t17-,19+,21-/m1/s1. The molecule has 2 amide bonds. The number of aliphatic hydroxyl groups is 1. The van der Waals surface area contributed by atoms with E-state index in [-0.39, 0.29) is 30.5 Å². The maximum Gasteiger partial charge on any atom is 0.345 e. The van der Waals surface area contributed by atoms with E-state index in [1.54, 1.807) is 9.25 Å². The highest BCUT2D eigenvalue weighted by Gasteiger charge is 2.45. The maximum absolute atomic E-state index is 13.8. The smallest absolute Gasteiger partial charge is 0.345 e. The van der Waals surface area contributed by atoms with E-state index in [9.17, 15) is 19.5 Å². The number of rotatable bonds is 8. The van der Waals surface area contributed by atoms with Gasteiger partial charge < -0.3 is 15.3 Å². The number of nitrogens with one attached hydrogen (secondary N) is 1. The Hall–Kier alpha value is -3.02. The van der Waals surface area contributed by atoms with Crippen molar-refractivity contribution in [2.24, 2.45) is 5.41 Å². The molecule has 1 aliphatic carbocycles. The Kier molecular flexibility index (Phi) is 6.95. The van der Waals surface area contributed by atoms with Crippen molar-refractivity contribution in [3.8, 4) is 0 Å². The van der Waals surface area contributed by atoms with Crippen LogP contribution in [0.2, 0.25) is 0 Å². The molecule has 2 fully saturated rings. The number of aryl methyl sites for hydroxylation is 2. The van der Waals surface area contributed by atoms with E-state index in [1.165, 1.54) is 9.58 Å². The third-order valence-corrected chi connectivity index (χ3v) is 7.58. The predicted octanol–water partition coefficient (Wildman–Crippen LogP) is 0.606. The van der Waals surface area contributed by atoms with Crippen molar-refractivity contribution in [3.63, 3.8) is 0 Å². The van der Waals surface area contributed by atoms with Crippen molar-refractivity contribution in [1.29, 1.82) is 0 Å². The summed E-state index contributed by atoms with van der Waals surface area (Å²) in [6, 6.07) is -1.41. The lowest BCUT2D eigenvalue weighted by Gasteiger charge is -2.34. The molecule has 0 aromatic carbocycles. The van der Waals surface area contributed by atoms with Gasteiger partial charge in [-0.05, 0) is 37.5 Å². The number of hydrogen-bond donors (Lipinski definition) is 2. The molecule has 0 spiro atoms. The van der Waals surface area contributed by atoms with E-state index in [1.807, 2.05) is 27.0 Å². The fourth-order valence-electron chi connectivity index (χ4n) is 5.48. The van der Waals surface area contributed by atoms with Crippen LogP contribution in [0.15, 0.2) is 11.0 Å². The van der Waals surface area contributed by atoms with E-state index in [4.69, 9.17) is 0 Å². The number of likely N-dealkylation sites (tertiary alicyclic amines) is 1. The summed E-state index contributed by atoms with van der Waals surface area (Å²) in [5, 5.41) is 26.3. The molecule has 0 radical (unpaired) electrons. The molecule has 202 valence electrons. The van der Waals surface area contributed by atoms with Gasteiger partial charge in [0.1, 0.15) is 17.9 Å². The molecule has 3 aliphatic rings. The van der Waals surface area contributed by atoms with Crippen LogP contribution in [0.1, 0.15) is 82.8 Å². The summed E-state index contributed by atoms with van der Waals surface area (Å²) < 4.78 is 4.83. The fourth-order valence-corrected chi connectivity index (χ4v) is 5.48. The molecule has 1 saturated carbocycles. The van der Waals surface area contributed by atoms with E-state index >= 15 is 0 Å². The Morgan fingerprint density at radius 1 is 1.24 bits per heavy atom. The van der Waals surface area contributed by atoms with Crippen LogP contribution in [-0.2, 0) is 29.1 Å². The van der Waals surface area contributed by atoms with Gasteiger partial charge in [0.25, 0.3) is 0 Å². The molecule has 2 aromatic heterocycles. The second-order valence-corrected chi connectivity index (χ2v) is 11.7. The summed E-state index contributed by atoms with van der Waals surface area (Å²) in [5.74, 6) is 0.706. The first-order valence-electron chi connectivity index (χ1n) is 13.5. The summed E-state index contributed by atoms with van der Waals surface area (Å²) in [6.45, 7) is 7.46. The number of nitrogens with zero attached hydrogens (tertiary/aromatic N) is 7. The molecule has 0 unspecified atom stereocenters. The topological polar surface area (TPSA) is 140 Å². The van der Waals surface area contributed by atoms with Crippen LogP contribution < -0.4 is 11.0 Å². The second-order valence-electron chi connectivity index (χ2n) is 11.7. The molecule has 37 heavy (non-hydrogen) atoms. The number of carbonyl (C=O) groups is 2. The molecule has 2 aromatic rings. The maximum atomic E-state index is 13.8. The lowest BCUT2D eigenvalue weighted by atomic mass is 9.85. The summed E-state index contributed by atoms with van der Waals surface area (Å²) in [5.41, 5.74) is 0.329. The highest BCUT2D eigenvalue weighted by molar-refractivity contribution is 5.90. The van der Waals surface area contributed by atoms with Crippen molar-refractivity contribution in [2.45, 2.75) is 103 Å². The minimum atomic E-state index is -0.770. The molecule has 1 saturated heterocycles. The minimum Gasteiger partial charge on any atom is -0.391 e. The van der Waals surface area contributed by atoms with Crippen molar-refractivity contribution in [2.75, 3.05) is 13.1 Å². The first-order valence-corrected chi connectivity index (χ1v) is 13.5. The Labute approximate surface area is 216 Å². The Morgan fingerprint density at radius 2 is 2.03 bits per heavy atom. The van der Waals surface area contributed by atoms with E-state index in [0.717, 1.165) is 43.6 Å². The molecule has 5 rings (SSSR count). The summed E-state index contributed by atoms with van der Waals surface area (Å²) in [7, 11) is 0. The summed E-state index contributed by atoms with van der Waals surface area (Å²) >= 11 is 0. The zero-order chi connectivity index (χ0) is 26.3. The number of amides is 2. The molecule has 0 bridgehead atoms. The van der Waals surface area contributed by atoms with Crippen LogP contribution in [0.25, 0.3) is 0 Å². The number of aromatic nitrogens is 6. The van der Waals surface area contributed by atoms with Gasteiger partial charge in [-0.1, -0.05) is 26.0 Å². The van der Waals surface area contributed by atoms with Crippen molar-refractivity contribution < 1.29 is 14.7 Å². The molecular formula is C25H38N8O4. The quantitative estimate of drug-likeness (QED) is 0.492. The van der Waals surface area contributed by atoms with Gasteiger partial charge in [0.15, 0.2) is 0 Å². The van der Waals surface area contributed by atoms with Gasteiger partial charge in [-0.2, -0.15) is 5.10 Å². The van der Waals surface area contributed by atoms with Crippen LogP contribution in [0.5, 0.6) is 0 Å². The first-order chi connectivity index (χ1) is 17.6. The van der Waals surface area contributed by atoms with Crippen molar-refractivity contribution in [3.05, 3.63) is 28.2 Å². The molecule has 3 atom stereocenters. The highest BCUT2D eigenvalue weighted by atomic mass is 16.3. The van der Waals surface area contributed by atoms with Gasteiger partial charge >= 0.3 is 5.69 Å². The van der Waals surface area contributed by atoms with Gasteiger partial charge in [-0.3, -0.25) is 14.2 Å². The molecule has 2 N–H and O–H groups in total. The van der Waals surface area contributed by atoms with E-state index < -0.39 is 23.6 Å². The van der Waals surface area contributed by atoms with Crippen LogP contribution in [0.4, 0.5) is 0 Å². The molecule has 12 heteroatoms.